The predicted molar refractivity (Wildman–Crippen MR) is 151 cm³/mol. The highest BCUT2D eigenvalue weighted by atomic mass is 27.1. The van der Waals surface area contributed by atoms with Gasteiger partial charge in [0.25, 0.3) is 0 Å². The smallest absolute Gasteiger partial charge is 0.401 e. The summed E-state index contributed by atoms with van der Waals surface area (Å²) in [4.78, 5) is 0. The first-order valence-corrected chi connectivity index (χ1v) is 15.7. The minimum Gasteiger partial charge on any atom is -0.425 e. The van der Waals surface area contributed by atoms with Crippen molar-refractivity contribution in [3.05, 3.63) is 116 Å². The second-order valence-corrected chi connectivity index (χ2v) is 12.3. The van der Waals surface area contributed by atoms with E-state index in [1.807, 2.05) is 0 Å². The number of hydrogen-bond acceptors (Lipinski definition) is 4. The van der Waals surface area contributed by atoms with E-state index >= 15 is 0 Å². The van der Waals surface area contributed by atoms with Crippen LogP contribution in [0.2, 0.25) is 0 Å². The summed E-state index contributed by atoms with van der Waals surface area (Å²) in [6.07, 6.45) is 0. The lowest BCUT2D eigenvalue weighted by Crippen LogP contribution is -2.46. The molecule has 0 aromatic heterocycles. The molecule has 0 heterocycles. The summed E-state index contributed by atoms with van der Waals surface area (Å²) in [6, 6.07) is 0. The summed E-state index contributed by atoms with van der Waals surface area (Å²) in [5, 5.41) is -5.13. The molecule has 4 aromatic rings. The van der Waals surface area contributed by atoms with Crippen LogP contribution in [-0.4, -0.2) is 55.5 Å². The van der Waals surface area contributed by atoms with Gasteiger partial charge in [0.15, 0.2) is 116 Å². The van der Waals surface area contributed by atoms with E-state index in [1.54, 1.807) is 0 Å². The van der Waals surface area contributed by atoms with Crippen LogP contribution in [0.5, 0.6) is 0 Å². The molecular weight excluding hydrogens is 826 g/mol. The van der Waals surface area contributed by atoms with Crippen LogP contribution in [-0.2, 0) is 18.6 Å². The Morgan fingerprint density at radius 2 is 0.364 bits per heavy atom. The highest BCUT2D eigenvalue weighted by Gasteiger charge is 2.34. The minimum atomic E-state index is -3.35. The van der Waals surface area contributed by atoms with Crippen molar-refractivity contribution >= 4 is 67.0 Å². The number of hydrogen-bond donors (Lipinski definition) is 0. The van der Waals surface area contributed by atoms with Crippen molar-refractivity contribution in [3.63, 3.8) is 0 Å². The Morgan fingerprint density at radius 1 is 0.236 bits per heavy atom. The molecule has 0 aliphatic rings. The largest absolute Gasteiger partial charge is 0.425 e. The molecule has 0 unspecified atom stereocenters. The van der Waals surface area contributed by atoms with E-state index in [2.05, 4.69) is 0 Å². The van der Waals surface area contributed by atoms with Crippen molar-refractivity contribution in [1.82, 2.24) is 0 Å². The summed E-state index contributed by atoms with van der Waals surface area (Å²) in [5.74, 6) is -51.8. The van der Waals surface area contributed by atoms with Crippen molar-refractivity contribution in [3.8, 4) is 0 Å². The van der Waals surface area contributed by atoms with Gasteiger partial charge >= 0.3 is 45.1 Å². The van der Waals surface area contributed by atoms with E-state index in [4.69, 9.17) is 18.6 Å². The van der Waals surface area contributed by atoms with E-state index in [0.29, 0.717) is 0 Å². The molecule has 0 saturated carbocycles. The Balaban J connectivity index is 1.76. The number of benzene rings is 4. The van der Waals surface area contributed by atoms with Gasteiger partial charge in [-0.15, -0.1) is 0 Å². The summed E-state index contributed by atoms with van der Waals surface area (Å²) in [7, 11) is -7.32. The molecule has 4 rings (SSSR count). The zero-order chi connectivity index (χ0) is 41.4. The van der Waals surface area contributed by atoms with Crippen LogP contribution in [0.15, 0.2) is 0 Å². The third-order valence-electron chi connectivity index (χ3n) is 7.24. The van der Waals surface area contributed by atoms with Gasteiger partial charge < -0.3 is 18.6 Å². The SMILES string of the molecule is Fc1c(F)c(F)c(BO[CH](OBc2c(F)c(F)c(F)c(F)c2F)[AlH][CH](OBc2c(F)c(F)c(F)c(F)c2F)OBc2c(F)c(F)c(F)c(F)c2F)c(F)c1F. The second kappa shape index (κ2) is 17.5. The zero-order valence-electron chi connectivity index (χ0n) is 25.9. The van der Waals surface area contributed by atoms with E-state index in [-0.39, 0.29) is 0 Å². The fourth-order valence-corrected chi connectivity index (χ4v) is 5.67. The van der Waals surface area contributed by atoms with E-state index in [0.717, 1.165) is 0 Å². The Hall–Kier alpha value is -3.89. The molecule has 0 radical (unpaired) electrons. The Labute approximate surface area is 300 Å². The van der Waals surface area contributed by atoms with Crippen molar-refractivity contribution in [2.75, 3.05) is 0 Å². The molecule has 0 N–H and O–H groups in total. The summed E-state index contributed by atoms with van der Waals surface area (Å²) >= 11 is -3.35. The van der Waals surface area contributed by atoms with Crippen molar-refractivity contribution in [2.24, 2.45) is 0 Å². The molecule has 29 heteroatoms. The predicted octanol–water partition coefficient (Wildman–Crippen LogP) is 2.55. The number of rotatable bonds is 14. The summed E-state index contributed by atoms with van der Waals surface area (Å²) in [6.45, 7) is 0. The van der Waals surface area contributed by atoms with Gasteiger partial charge in [0.05, 0.1) is 10.3 Å². The number of halogens is 20. The molecule has 0 spiro atoms. The Kier molecular flexibility index (Phi) is 13.9. The van der Waals surface area contributed by atoms with E-state index in [1.165, 1.54) is 0 Å². The van der Waals surface area contributed by atoms with Crippen molar-refractivity contribution in [1.29, 1.82) is 0 Å². The second-order valence-electron chi connectivity index (χ2n) is 10.5. The lowest BCUT2D eigenvalue weighted by atomic mass is 9.86. The first-order valence-electron chi connectivity index (χ1n) is 14.1. The quantitative estimate of drug-likeness (QED) is 0.0645. The third kappa shape index (κ3) is 8.60. The lowest BCUT2D eigenvalue weighted by Gasteiger charge is -2.25. The average molecular weight is 834 g/mol. The fraction of sp³-hybridized carbons (Fsp3) is 0.0769. The normalized spacial score (nSPS) is 11.5. The lowest BCUT2D eigenvalue weighted by molar-refractivity contribution is 0.0455. The fourth-order valence-electron chi connectivity index (χ4n) is 4.34. The minimum absolute atomic E-state index is 1.82. The maximum absolute atomic E-state index is 14.3. The summed E-state index contributed by atoms with van der Waals surface area (Å²) < 4.78 is 299. The Bertz CT molecular complexity index is 1760. The Morgan fingerprint density at radius 3 is 0.509 bits per heavy atom. The van der Waals surface area contributed by atoms with Gasteiger partial charge in [0, 0.05) is 21.9 Å². The van der Waals surface area contributed by atoms with Crippen molar-refractivity contribution in [2.45, 2.75) is 10.3 Å². The molecule has 0 fully saturated rings. The molecule has 55 heavy (non-hydrogen) atoms. The average Bonchev–Trinajstić information content (AvgIpc) is 3.16. The van der Waals surface area contributed by atoms with Gasteiger partial charge in [0.2, 0.25) is 0 Å². The first kappa shape index (κ1) is 43.8. The molecule has 0 atom stereocenters. The van der Waals surface area contributed by atoms with Gasteiger partial charge in [-0.3, -0.25) is 0 Å². The first-order chi connectivity index (χ1) is 25.6. The van der Waals surface area contributed by atoms with Crippen molar-refractivity contribution < 1.29 is 106 Å². The molecule has 0 aliphatic carbocycles. The highest BCUT2D eigenvalue weighted by molar-refractivity contribution is 6.53. The molecule has 0 aliphatic heterocycles. The van der Waals surface area contributed by atoms with E-state index in [9.17, 15) is 87.8 Å². The van der Waals surface area contributed by atoms with Crippen LogP contribution in [0.4, 0.5) is 87.8 Å². The van der Waals surface area contributed by atoms with Gasteiger partial charge in [0.1, 0.15) is 0 Å². The van der Waals surface area contributed by atoms with Gasteiger partial charge in [-0.1, -0.05) is 0 Å². The van der Waals surface area contributed by atoms with Gasteiger partial charge in [-0.2, -0.15) is 0 Å². The highest BCUT2D eigenvalue weighted by Crippen LogP contribution is 2.20. The third-order valence-corrected chi connectivity index (χ3v) is 8.95. The standard InChI is InChI=1S/2C13H3B2F10O2.Al.H/c2*16-4-2(5(17)9(21)12(24)8(4)20)14-26-1-27-15-3-6(18)10(22)13(25)11(23)7(3)19;;/h2*1,14-15H;;. The van der Waals surface area contributed by atoms with Crippen LogP contribution in [0.3, 0.4) is 0 Å². The maximum atomic E-state index is 14.3. The summed E-state index contributed by atoms with van der Waals surface area (Å²) in [5.41, 5.74) is -7.29. The molecule has 4 aromatic carbocycles. The topological polar surface area (TPSA) is 36.9 Å². The van der Waals surface area contributed by atoms with Crippen LogP contribution in [0, 0.1) is 116 Å². The van der Waals surface area contributed by atoms with E-state index < -0.39 is 194 Å². The maximum Gasteiger partial charge on any atom is 0.401 e. The molecular formula is C26H7AlB4F20O4. The van der Waals surface area contributed by atoms with Crippen LogP contribution in [0.25, 0.3) is 0 Å². The van der Waals surface area contributed by atoms with Crippen LogP contribution >= 0.6 is 0 Å². The van der Waals surface area contributed by atoms with Gasteiger partial charge in [-0.25, -0.2) is 87.8 Å². The molecule has 0 amide bonds. The van der Waals surface area contributed by atoms with Gasteiger partial charge in [-0.05, 0) is 0 Å². The molecule has 0 saturated heterocycles. The zero-order valence-corrected chi connectivity index (χ0v) is 27.3. The monoisotopic (exact) mass is 834 g/mol. The van der Waals surface area contributed by atoms with Crippen LogP contribution < -0.4 is 21.9 Å². The molecule has 4 nitrogen and oxygen atoms in total. The molecule has 0 bridgehead atoms. The molecule has 290 valence electrons. The van der Waals surface area contributed by atoms with Crippen LogP contribution in [0.1, 0.15) is 0 Å².